The summed E-state index contributed by atoms with van der Waals surface area (Å²) in [6, 6.07) is -0.313. The summed E-state index contributed by atoms with van der Waals surface area (Å²) >= 11 is 0. The highest BCUT2D eigenvalue weighted by Gasteiger charge is 2.24. The van der Waals surface area contributed by atoms with Crippen molar-refractivity contribution in [2.45, 2.75) is 52.0 Å². The number of hydrogen-bond donors (Lipinski definition) is 2. The fraction of sp³-hybridized carbons (Fsp3) is 0.917. The van der Waals surface area contributed by atoms with E-state index in [4.69, 9.17) is 5.73 Å². The van der Waals surface area contributed by atoms with Gasteiger partial charge in [-0.3, -0.25) is 4.79 Å². The first kappa shape index (κ1) is 12.5. The normalized spacial score (nSPS) is 27.7. The fourth-order valence-electron chi connectivity index (χ4n) is 2.33. The van der Waals surface area contributed by atoms with Crippen LogP contribution in [0.3, 0.4) is 0 Å². The van der Waals surface area contributed by atoms with Gasteiger partial charge in [-0.2, -0.15) is 0 Å². The molecule has 88 valence electrons. The molecule has 1 aliphatic carbocycles. The molecule has 1 rings (SSSR count). The lowest BCUT2D eigenvalue weighted by molar-refractivity contribution is -0.122. The zero-order valence-corrected chi connectivity index (χ0v) is 9.96. The third-order valence-corrected chi connectivity index (χ3v) is 3.51. The predicted molar refractivity (Wildman–Crippen MR) is 62.4 cm³/mol. The summed E-state index contributed by atoms with van der Waals surface area (Å²) in [5.41, 5.74) is 5.74. The summed E-state index contributed by atoms with van der Waals surface area (Å²) in [6.07, 6.45) is 5.62. The monoisotopic (exact) mass is 212 g/mol. The van der Waals surface area contributed by atoms with E-state index in [1.807, 2.05) is 6.92 Å². The smallest absolute Gasteiger partial charge is 0.236 e. The highest BCUT2D eigenvalue weighted by molar-refractivity contribution is 5.81. The Balaban J connectivity index is 2.21. The van der Waals surface area contributed by atoms with Crippen LogP contribution in [-0.2, 0) is 4.79 Å². The number of amides is 1. The number of carbonyl (C=O) groups is 1. The van der Waals surface area contributed by atoms with Crippen molar-refractivity contribution >= 4 is 5.91 Å². The van der Waals surface area contributed by atoms with Crippen molar-refractivity contribution in [3.63, 3.8) is 0 Å². The molecule has 1 fully saturated rings. The Kier molecular flexibility index (Phi) is 5.09. The van der Waals surface area contributed by atoms with Crippen molar-refractivity contribution in [1.82, 2.24) is 5.32 Å². The maximum atomic E-state index is 11.6. The van der Waals surface area contributed by atoms with E-state index in [1.165, 1.54) is 19.3 Å². The molecule has 0 aromatic rings. The van der Waals surface area contributed by atoms with E-state index < -0.39 is 0 Å². The van der Waals surface area contributed by atoms with E-state index in [-0.39, 0.29) is 11.9 Å². The van der Waals surface area contributed by atoms with Crippen LogP contribution in [0.1, 0.15) is 46.0 Å². The lowest BCUT2D eigenvalue weighted by Crippen LogP contribution is -2.42. The summed E-state index contributed by atoms with van der Waals surface area (Å²) in [7, 11) is 0. The Morgan fingerprint density at radius 1 is 1.53 bits per heavy atom. The molecular formula is C12H24N2O. The van der Waals surface area contributed by atoms with Crippen molar-refractivity contribution in [3.8, 4) is 0 Å². The highest BCUT2D eigenvalue weighted by atomic mass is 16.2. The Hall–Kier alpha value is -0.570. The quantitative estimate of drug-likeness (QED) is 0.728. The lowest BCUT2D eigenvalue weighted by atomic mass is 9.98. The molecule has 1 aliphatic rings. The van der Waals surface area contributed by atoms with Gasteiger partial charge in [-0.15, -0.1) is 0 Å². The molecule has 0 bridgehead atoms. The number of hydrogen-bond acceptors (Lipinski definition) is 2. The average molecular weight is 212 g/mol. The van der Waals surface area contributed by atoms with E-state index >= 15 is 0 Å². The van der Waals surface area contributed by atoms with Crippen LogP contribution < -0.4 is 11.1 Å². The van der Waals surface area contributed by atoms with Gasteiger partial charge in [0.15, 0.2) is 0 Å². The minimum Gasteiger partial charge on any atom is -0.354 e. The fourth-order valence-corrected chi connectivity index (χ4v) is 2.33. The van der Waals surface area contributed by atoms with Gasteiger partial charge in [0, 0.05) is 6.54 Å². The van der Waals surface area contributed by atoms with E-state index in [2.05, 4.69) is 12.2 Å². The summed E-state index contributed by atoms with van der Waals surface area (Å²) in [5, 5.41) is 2.98. The topological polar surface area (TPSA) is 55.1 Å². The van der Waals surface area contributed by atoms with Gasteiger partial charge in [0.05, 0.1) is 6.04 Å². The molecule has 15 heavy (non-hydrogen) atoms. The summed E-state index contributed by atoms with van der Waals surface area (Å²) in [5.74, 6) is 1.45. The Labute approximate surface area is 92.8 Å². The molecule has 2 unspecified atom stereocenters. The van der Waals surface area contributed by atoms with Crippen LogP contribution in [0, 0.1) is 11.8 Å². The molecular weight excluding hydrogens is 188 g/mol. The molecule has 0 saturated heterocycles. The molecule has 0 aromatic heterocycles. The van der Waals surface area contributed by atoms with Crippen LogP contribution in [0.5, 0.6) is 0 Å². The number of rotatable bonds is 5. The average Bonchev–Trinajstić information content (AvgIpc) is 2.61. The first-order valence-corrected chi connectivity index (χ1v) is 6.18. The molecule has 1 amide bonds. The van der Waals surface area contributed by atoms with Crippen LogP contribution in [-0.4, -0.2) is 18.5 Å². The summed E-state index contributed by atoms with van der Waals surface area (Å²) in [4.78, 5) is 11.6. The van der Waals surface area contributed by atoms with Crippen molar-refractivity contribution < 1.29 is 4.79 Å². The second-order valence-corrected chi connectivity index (χ2v) is 4.81. The molecule has 0 spiro atoms. The van der Waals surface area contributed by atoms with Gasteiger partial charge in [-0.05, 0) is 24.7 Å². The number of carbonyl (C=O) groups excluding carboxylic acids is 1. The number of nitrogens with one attached hydrogen (secondary N) is 1. The number of nitrogens with two attached hydrogens (primary N) is 1. The van der Waals surface area contributed by atoms with Gasteiger partial charge in [0.25, 0.3) is 0 Å². The molecule has 0 aliphatic heterocycles. The van der Waals surface area contributed by atoms with Crippen LogP contribution in [0.25, 0.3) is 0 Å². The van der Waals surface area contributed by atoms with E-state index in [0.29, 0.717) is 5.92 Å². The highest BCUT2D eigenvalue weighted by Crippen LogP contribution is 2.30. The van der Waals surface area contributed by atoms with E-state index in [1.54, 1.807) is 0 Å². The standard InChI is InChI=1S/C12H24N2O/c1-3-5-11(13)12(15)14-8-10-7-4-6-9(10)2/h9-11H,3-8,13H2,1-2H3,(H,14,15)/t9?,10?,11-/m1/s1. The lowest BCUT2D eigenvalue weighted by Gasteiger charge is -2.17. The third-order valence-electron chi connectivity index (χ3n) is 3.51. The van der Waals surface area contributed by atoms with Crippen LogP contribution in [0.2, 0.25) is 0 Å². The molecule has 3 heteroatoms. The maximum absolute atomic E-state index is 11.6. The van der Waals surface area contributed by atoms with Crippen molar-refractivity contribution in [2.75, 3.05) is 6.54 Å². The third kappa shape index (κ3) is 3.82. The molecule has 3 nitrogen and oxygen atoms in total. The van der Waals surface area contributed by atoms with Crippen LogP contribution in [0.15, 0.2) is 0 Å². The second-order valence-electron chi connectivity index (χ2n) is 4.81. The largest absolute Gasteiger partial charge is 0.354 e. The van der Waals surface area contributed by atoms with E-state index in [0.717, 1.165) is 25.3 Å². The Morgan fingerprint density at radius 2 is 2.27 bits per heavy atom. The Morgan fingerprint density at radius 3 is 2.80 bits per heavy atom. The van der Waals surface area contributed by atoms with Gasteiger partial charge in [-0.1, -0.05) is 33.1 Å². The van der Waals surface area contributed by atoms with Gasteiger partial charge >= 0.3 is 0 Å². The Bertz CT molecular complexity index is 206. The SMILES string of the molecule is CCC[C@@H](N)C(=O)NCC1CCCC1C. The van der Waals surface area contributed by atoms with Gasteiger partial charge < -0.3 is 11.1 Å². The van der Waals surface area contributed by atoms with Gasteiger partial charge in [-0.25, -0.2) is 0 Å². The molecule has 3 N–H and O–H groups in total. The van der Waals surface area contributed by atoms with Crippen LogP contribution >= 0.6 is 0 Å². The summed E-state index contributed by atoms with van der Waals surface area (Å²) in [6.45, 7) is 5.14. The van der Waals surface area contributed by atoms with Crippen molar-refractivity contribution in [1.29, 1.82) is 0 Å². The first-order chi connectivity index (χ1) is 7.15. The molecule has 0 radical (unpaired) electrons. The molecule has 0 heterocycles. The van der Waals surface area contributed by atoms with Crippen molar-refractivity contribution in [2.24, 2.45) is 17.6 Å². The zero-order chi connectivity index (χ0) is 11.3. The molecule has 1 saturated carbocycles. The summed E-state index contributed by atoms with van der Waals surface area (Å²) < 4.78 is 0. The van der Waals surface area contributed by atoms with Gasteiger partial charge in [0.1, 0.15) is 0 Å². The molecule has 3 atom stereocenters. The van der Waals surface area contributed by atoms with E-state index in [9.17, 15) is 4.79 Å². The minimum atomic E-state index is -0.313. The minimum absolute atomic E-state index is 0.0240. The zero-order valence-electron chi connectivity index (χ0n) is 9.96. The second kappa shape index (κ2) is 6.11. The van der Waals surface area contributed by atoms with Crippen molar-refractivity contribution in [3.05, 3.63) is 0 Å². The van der Waals surface area contributed by atoms with Gasteiger partial charge in [0.2, 0.25) is 5.91 Å². The molecule has 0 aromatic carbocycles. The first-order valence-electron chi connectivity index (χ1n) is 6.18. The maximum Gasteiger partial charge on any atom is 0.236 e. The predicted octanol–water partition coefficient (Wildman–Crippen LogP) is 1.67. The van der Waals surface area contributed by atoms with Crippen LogP contribution in [0.4, 0.5) is 0 Å².